The van der Waals surface area contributed by atoms with E-state index in [1.165, 1.54) is 0 Å². The first-order valence-electron chi connectivity index (χ1n) is 11.6. The van der Waals surface area contributed by atoms with Crippen molar-refractivity contribution in [1.82, 2.24) is 30.2 Å². The van der Waals surface area contributed by atoms with E-state index < -0.39 is 6.61 Å². The van der Waals surface area contributed by atoms with E-state index >= 15 is 0 Å². The number of aromatic nitrogens is 6. The van der Waals surface area contributed by atoms with Gasteiger partial charge in [-0.05, 0) is 28.3 Å². The first kappa shape index (κ1) is 19.1. The molecule has 2 aromatic heterocycles. The number of aromatic amines is 1. The summed E-state index contributed by atoms with van der Waals surface area (Å²) in [5, 5.41) is 25.6. The normalized spacial score (nSPS) is 12.6. The van der Waals surface area contributed by atoms with Crippen molar-refractivity contribution in [3.63, 3.8) is 0 Å². The van der Waals surface area contributed by atoms with Gasteiger partial charge in [-0.25, -0.2) is 4.98 Å². The van der Waals surface area contributed by atoms with E-state index in [2.05, 4.69) is 25.6 Å². The summed E-state index contributed by atoms with van der Waals surface area (Å²) < 4.78 is 36.3. The third kappa shape index (κ3) is 5.51. The van der Waals surface area contributed by atoms with Crippen molar-refractivity contribution in [2.75, 3.05) is 0 Å². The molecule has 0 aliphatic heterocycles. The van der Waals surface area contributed by atoms with Gasteiger partial charge in [0.15, 0.2) is 0 Å². The molecule has 0 fully saturated rings. The Morgan fingerprint density at radius 2 is 1.90 bits per heavy atom. The monoisotopic (exact) mass is 464 g/mol. The van der Waals surface area contributed by atoms with Crippen LogP contribution in [0.4, 0.5) is 0 Å². The Bertz CT molecular complexity index is 1300. The Kier molecular flexibility index (Phi) is 7.07. The Balaban J connectivity index is 0.00000342. The number of tetrazole rings is 1. The SMILES string of the molecule is [2H]c1c([2H])c(-c2ccccc2-c2nn[nH]n2)c([2H])c([2H])c1Cn1c(CCCC)nc(C[O-])c1Cl.[K+]. The smallest absolute Gasteiger partial charge is 0.850 e. The van der Waals surface area contributed by atoms with Crippen LogP contribution in [-0.4, -0.2) is 30.2 Å². The number of nitrogens with zero attached hydrogens (tertiary/aromatic N) is 5. The minimum absolute atomic E-state index is 0. The summed E-state index contributed by atoms with van der Waals surface area (Å²) in [6.07, 6.45) is 2.35. The van der Waals surface area contributed by atoms with Gasteiger partial charge < -0.3 is 9.67 Å². The summed E-state index contributed by atoms with van der Waals surface area (Å²) in [6, 6.07) is 6.19. The molecule has 7 nitrogen and oxygen atoms in total. The van der Waals surface area contributed by atoms with E-state index in [4.69, 9.17) is 17.1 Å². The molecule has 0 atom stereocenters. The average Bonchev–Trinajstić information content (AvgIpc) is 3.48. The van der Waals surface area contributed by atoms with Crippen LogP contribution in [0.25, 0.3) is 22.5 Å². The molecule has 0 saturated heterocycles. The van der Waals surface area contributed by atoms with E-state index in [-0.39, 0.29) is 110 Å². The second kappa shape index (κ2) is 11.5. The maximum atomic E-state index is 11.5. The van der Waals surface area contributed by atoms with Crippen molar-refractivity contribution in [1.29, 1.82) is 0 Å². The van der Waals surface area contributed by atoms with E-state index in [0.29, 0.717) is 23.4 Å². The van der Waals surface area contributed by atoms with Gasteiger partial charge in [-0.2, -0.15) is 5.21 Å². The van der Waals surface area contributed by atoms with E-state index in [9.17, 15) is 5.11 Å². The second-order valence-corrected chi connectivity index (χ2v) is 7.09. The number of hydrogen-bond acceptors (Lipinski definition) is 5. The molecule has 154 valence electrons. The zero-order valence-electron chi connectivity index (χ0n) is 21.4. The molecule has 0 spiro atoms. The molecule has 0 radical (unpaired) electrons. The number of rotatable bonds is 8. The standard InChI is InChI=1S/C22H22ClN6O.K/c1-2-3-8-20-24-19(14-30)21(23)29(20)13-15-9-11-16(12-10-15)17-6-4-5-7-18(17)22-25-27-28-26-22;/h4-7,9-12H,2-3,8,13-14H2,1H3,(H,25,26,27,28);/q-1;+1/i9D,10D,11D,12D;. The molecular weight excluding hydrogens is 439 g/mol. The van der Waals surface area contributed by atoms with Crippen LogP contribution in [-0.2, 0) is 19.6 Å². The number of H-pyrrole nitrogens is 1. The molecule has 0 unspecified atom stereocenters. The van der Waals surface area contributed by atoms with E-state index in [1.807, 2.05) is 6.92 Å². The van der Waals surface area contributed by atoms with Gasteiger partial charge in [-0.3, -0.25) is 0 Å². The first-order chi connectivity index (χ1) is 16.4. The van der Waals surface area contributed by atoms with Crippen LogP contribution in [0, 0.1) is 0 Å². The van der Waals surface area contributed by atoms with Crippen molar-refractivity contribution in [3.8, 4) is 22.5 Å². The molecular formula is C22H22ClKN6O. The van der Waals surface area contributed by atoms with Crippen LogP contribution in [0.2, 0.25) is 5.15 Å². The third-order valence-corrected chi connectivity index (χ3v) is 5.14. The fourth-order valence-electron chi connectivity index (χ4n) is 3.19. The Hall–Kier alpha value is -1.39. The maximum absolute atomic E-state index is 11.5. The van der Waals surface area contributed by atoms with Crippen LogP contribution in [0.5, 0.6) is 0 Å². The Morgan fingerprint density at radius 3 is 2.55 bits per heavy atom. The van der Waals surface area contributed by atoms with Gasteiger partial charge in [0, 0.05) is 12.0 Å². The van der Waals surface area contributed by atoms with Crippen LogP contribution < -0.4 is 56.5 Å². The minimum Gasteiger partial charge on any atom is -0.850 e. The van der Waals surface area contributed by atoms with Crippen molar-refractivity contribution >= 4 is 11.6 Å². The number of unbranched alkanes of at least 4 members (excludes halogenated alkanes) is 1. The quantitative estimate of drug-likeness (QED) is 0.386. The van der Waals surface area contributed by atoms with E-state index in [0.717, 1.165) is 12.8 Å². The zero-order valence-corrected chi connectivity index (χ0v) is 21.2. The summed E-state index contributed by atoms with van der Waals surface area (Å²) in [5.74, 6) is 0.883. The van der Waals surface area contributed by atoms with Crippen LogP contribution in [0.1, 0.15) is 42.3 Å². The molecule has 9 heteroatoms. The van der Waals surface area contributed by atoms with Crippen molar-refractivity contribution < 1.29 is 62.0 Å². The topological polar surface area (TPSA) is 95.3 Å². The second-order valence-electron chi connectivity index (χ2n) is 6.73. The molecule has 1 N–H and O–H groups in total. The van der Waals surface area contributed by atoms with Crippen LogP contribution >= 0.6 is 11.6 Å². The molecule has 4 rings (SSSR count). The number of halogens is 1. The van der Waals surface area contributed by atoms with Crippen LogP contribution in [0.15, 0.2) is 48.4 Å². The number of imidazole rings is 1. The fourth-order valence-corrected chi connectivity index (χ4v) is 3.45. The molecule has 0 bridgehead atoms. The van der Waals surface area contributed by atoms with Gasteiger partial charge in [0.05, 0.1) is 17.7 Å². The summed E-state index contributed by atoms with van der Waals surface area (Å²) in [4.78, 5) is 4.35. The number of nitrogens with one attached hydrogen (secondary N) is 1. The predicted octanol–water partition coefficient (Wildman–Crippen LogP) is 0.639. The fraction of sp³-hybridized carbons (Fsp3) is 0.273. The summed E-state index contributed by atoms with van der Waals surface area (Å²) in [7, 11) is 0. The minimum atomic E-state index is -0.578. The summed E-state index contributed by atoms with van der Waals surface area (Å²) in [5.41, 5.74) is 1.52. The predicted molar refractivity (Wildman–Crippen MR) is 114 cm³/mol. The molecule has 2 aromatic carbocycles. The maximum Gasteiger partial charge on any atom is 1.00 e. The van der Waals surface area contributed by atoms with Gasteiger partial charge >= 0.3 is 51.4 Å². The molecule has 0 saturated carbocycles. The number of benzene rings is 2. The van der Waals surface area contributed by atoms with Crippen molar-refractivity contribution in [3.05, 3.63) is 70.7 Å². The van der Waals surface area contributed by atoms with Gasteiger partial charge in [0.2, 0.25) is 5.82 Å². The van der Waals surface area contributed by atoms with Crippen molar-refractivity contribution in [2.45, 2.75) is 39.3 Å². The Labute approximate surface area is 234 Å². The molecule has 4 aromatic rings. The van der Waals surface area contributed by atoms with Crippen LogP contribution in [0.3, 0.4) is 0 Å². The number of hydrogen-bond donors (Lipinski definition) is 1. The summed E-state index contributed by atoms with van der Waals surface area (Å²) in [6.45, 7) is 1.44. The zero-order chi connectivity index (χ0) is 24.4. The Morgan fingerprint density at radius 1 is 1.16 bits per heavy atom. The molecule has 0 aliphatic carbocycles. The van der Waals surface area contributed by atoms with Gasteiger partial charge in [-0.15, -0.1) is 10.2 Å². The summed E-state index contributed by atoms with van der Waals surface area (Å²) >= 11 is 6.41. The van der Waals surface area contributed by atoms with Gasteiger partial charge in [0.1, 0.15) is 11.0 Å². The molecule has 0 aliphatic rings. The van der Waals surface area contributed by atoms with Crippen molar-refractivity contribution in [2.24, 2.45) is 0 Å². The van der Waals surface area contributed by atoms with E-state index in [1.54, 1.807) is 28.8 Å². The molecule has 0 amide bonds. The molecule has 2 heterocycles. The first-order valence-corrected chi connectivity index (χ1v) is 10.0. The van der Waals surface area contributed by atoms with Gasteiger partial charge in [-0.1, -0.05) is 80.0 Å². The third-order valence-electron chi connectivity index (χ3n) is 4.72. The number of aryl methyl sites for hydroxylation is 1. The van der Waals surface area contributed by atoms with Gasteiger partial charge in [0.25, 0.3) is 0 Å². The largest absolute Gasteiger partial charge is 1.00 e. The average molecular weight is 465 g/mol. The molecule has 31 heavy (non-hydrogen) atoms.